The number of benzene rings is 1. The number of piperidine rings is 1. The first-order chi connectivity index (χ1) is 19.9. The van der Waals surface area contributed by atoms with Crippen LogP contribution in [0.15, 0.2) is 18.2 Å². The van der Waals surface area contributed by atoms with E-state index in [2.05, 4.69) is 43.0 Å². The Bertz CT molecular complexity index is 1280. The van der Waals surface area contributed by atoms with Crippen LogP contribution in [0.3, 0.4) is 0 Å². The number of likely N-dealkylation sites (tertiary alicyclic amines) is 1. The molecule has 0 bridgehead atoms. The SMILES string of the molecule is CC[C@H]1CN(c2nc(N)c(C(=O)NC3CC3)nc2Cl)CCN1C1CCN(Cc2ccc(C#N)cc2OCCO)CC1. The number of hydrogen-bond acceptors (Lipinski definition) is 10. The van der Waals surface area contributed by atoms with Gasteiger partial charge in [0.15, 0.2) is 22.5 Å². The van der Waals surface area contributed by atoms with E-state index in [1.54, 1.807) is 6.07 Å². The van der Waals surface area contributed by atoms with E-state index in [-0.39, 0.29) is 41.8 Å². The molecule has 1 aromatic heterocycles. The maximum Gasteiger partial charge on any atom is 0.274 e. The molecule has 0 radical (unpaired) electrons. The average molecular weight is 583 g/mol. The van der Waals surface area contributed by atoms with Gasteiger partial charge in [0.25, 0.3) is 5.91 Å². The lowest BCUT2D eigenvalue weighted by molar-refractivity contribution is 0.0607. The Morgan fingerprint density at radius 2 is 2.00 bits per heavy atom. The Balaban J connectivity index is 1.18. The van der Waals surface area contributed by atoms with E-state index in [4.69, 9.17) is 22.1 Å². The number of hydrogen-bond donors (Lipinski definition) is 3. The van der Waals surface area contributed by atoms with Crippen LogP contribution >= 0.6 is 11.6 Å². The molecule has 1 aromatic carbocycles. The van der Waals surface area contributed by atoms with Crippen molar-refractivity contribution >= 4 is 29.1 Å². The number of aliphatic hydroxyl groups is 1. The maximum atomic E-state index is 12.5. The molecule has 3 aliphatic rings. The number of amides is 1. The lowest BCUT2D eigenvalue weighted by Crippen LogP contribution is -2.58. The minimum Gasteiger partial charge on any atom is -0.491 e. The second-order valence-electron chi connectivity index (χ2n) is 11.1. The van der Waals surface area contributed by atoms with Crippen molar-refractivity contribution in [2.45, 2.75) is 63.7 Å². The fourth-order valence-electron chi connectivity index (χ4n) is 5.87. The molecule has 41 heavy (non-hydrogen) atoms. The van der Waals surface area contributed by atoms with Gasteiger partial charge < -0.3 is 25.8 Å². The van der Waals surface area contributed by atoms with Crippen LogP contribution in [0.5, 0.6) is 5.75 Å². The van der Waals surface area contributed by atoms with Gasteiger partial charge in [-0.05, 0) is 57.3 Å². The molecular formula is C29H39ClN8O3. The number of nitrogen functional groups attached to an aromatic ring is 1. The highest BCUT2D eigenvalue weighted by molar-refractivity contribution is 6.32. The summed E-state index contributed by atoms with van der Waals surface area (Å²) in [6.45, 7) is 7.46. The maximum absolute atomic E-state index is 12.5. The van der Waals surface area contributed by atoms with Crippen LogP contribution in [-0.2, 0) is 6.54 Å². The van der Waals surface area contributed by atoms with Gasteiger partial charge in [-0.3, -0.25) is 14.6 Å². The minimum atomic E-state index is -0.318. The van der Waals surface area contributed by atoms with Gasteiger partial charge in [0.1, 0.15) is 12.4 Å². The van der Waals surface area contributed by atoms with E-state index in [9.17, 15) is 15.2 Å². The van der Waals surface area contributed by atoms with Crippen LogP contribution < -0.4 is 20.7 Å². The Morgan fingerprint density at radius 3 is 2.68 bits per heavy atom. The fourth-order valence-corrected chi connectivity index (χ4v) is 6.12. The Hall–Kier alpha value is -3.17. The van der Waals surface area contributed by atoms with Crippen LogP contribution in [-0.4, -0.2) is 94.8 Å². The van der Waals surface area contributed by atoms with Gasteiger partial charge in [-0.25, -0.2) is 9.97 Å². The Morgan fingerprint density at radius 1 is 1.22 bits per heavy atom. The summed E-state index contributed by atoms with van der Waals surface area (Å²) < 4.78 is 5.73. The van der Waals surface area contributed by atoms with E-state index in [0.29, 0.717) is 29.2 Å². The van der Waals surface area contributed by atoms with E-state index in [1.807, 2.05) is 12.1 Å². The molecule has 0 unspecified atom stereocenters. The lowest BCUT2D eigenvalue weighted by Gasteiger charge is -2.47. The molecule has 1 aliphatic carbocycles. The van der Waals surface area contributed by atoms with Gasteiger partial charge in [-0.1, -0.05) is 24.6 Å². The lowest BCUT2D eigenvalue weighted by atomic mass is 9.97. The van der Waals surface area contributed by atoms with Crippen molar-refractivity contribution in [1.29, 1.82) is 5.26 Å². The van der Waals surface area contributed by atoms with Gasteiger partial charge in [0.05, 0.1) is 18.2 Å². The molecule has 2 aliphatic heterocycles. The van der Waals surface area contributed by atoms with Crippen molar-refractivity contribution < 1.29 is 14.6 Å². The standard InChI is InChI=1S/C29H39ClN8O3/c1-2-22-18-37(28-26(30)34-25(27(32)35-28)29(40)33-21-5-6-21)11-12-38(22)23-7-9-36(10-8-23)17-20-4-3-19(16-31)15-24(20)41-14-13-39/h3-4,15,21-23,39H,2,5-14,17-18H2,1H3,(H2,32,35)(H,33,40)/t22-/m0/s1. The number of carbonyl (C=O) groups is 1. The van der Waals surface area contributed by atoms with Gasteiger partial charge >= 0.3 is 0 Å². The number of rotatable bonds is 10. The van der Waals surface area contributed by atoms with Crippen molar-refractivity contribution in [2.75, 3.05) is 56.6 Å². The molecule has 2 saturated heterocycles. The van der Waals surface area contributed by atoms with Crippen LogP contribution in [0.1, 0.15) is 60.6 Å². The summed E-state index contributed by atoms with van der Waals surface area (Å²) in [4.78, 5) is 28.5. The highest BCUT2D eigenvalue weighted by Gasteiger charge is 2.35. The molecule has 11 nitrogen and oxygen atoms in total. The molecule has 5 rings (SSSR count). The first kappa shape index (κ1) is 29.3. The van der Waals surface area contributed by atoms with Gasteiger partial charge in [-0.15, -0.1) is 0 Å². The van der Waals surface area contributed by atoms with Gasteiger partial charge in [-0.2, -0.15) is 5.26 Å². The molecule has 1 saturated carbocycles. The molecule has 12 heteroatoms. The predicted molar refractivity (Wildman–Crippen MR) is 157 cm³/mol. The number of aliphatic hydroxyl groups excluding tert-OH is 1. The molecule has 2 aromatic rings. The molecule has 1 atom stereocenters. The highest BCUT2D eigenvalue weighted by Crippen LogP contribution is 2.31. The summed E-state index contributed by atoms with van der Waals surface area (Å²) in [5.74, 6) is 1.00. The summed E-state index contributed by atoms with van der Waals surface area (Å²) in [7, 11) is 0. The molecular weight excluding hydrogens is 544 g/mol. The number of nitrogens with zero attached hydrogens (tertiary/aromatic N) is 6. The zero-order valence-corrected chi connectivity index (χ0v) is 24.3. The van der Waals surface area contributed by atoms with Crippen molar-refractivity contribution in [1.82, 2.24) is 25.1 Å². The number of nitrogens with two attached hydrogens (primary N) is 1. The van der Waals surface area contributed by atoms with Gasteiger partial charge in [0, 0.05) is 49.9 Å². The minimum absolute atomic E-state index is 0.0670. The van der Waals surface area contributed by atoms with Crippen LogP contribution in [0, 0.1) is 11.3 Å². The van der Waals surface area contributed by atoms with Crippen molar-refractivity contribution in [3.05, 3.63) is 40.2 Å². The highest BCUT2D eigenvalue weighted by atomic mass is 35.5. The van der Waals surface area contributed by atoms with Crippen LogP contribution in [0.2, 0.25) is 5.15 Å². The summed E-state index contributed by atoms with van der Waals surface area (Å²) in [5.41, 5.74) is 7.83. The molecule has 220 valence electrons. The quantitative estimate of drug-likeness (QED) is 0.382. The zero-order chi connectivity index (χ0) is 28.9. The van der Waals surface area contributed by atoms with E-state index >= 15 is 0 Å². The number of ether oxygens (including phenoxy) is 1. The van der Waals surface area contributed by atoms with Crippen LogP contribution in [0.25, 0.3) is 0 Å². The second kappa shape index (κ2) is 13.2. The zero-order valence-electron chi connectivity index (χ0n) is 23.6. The predicted octanol–water partition coefficient (Wildman–Crippen LogP) is 2.41. The van der Waals surface area contributed by atoms with E-state index in [1.165, 1.54) is 0 Å². The normalized spacial score (nSPS) is 20.5. The number of anilines is 2. The molecule has 3 heterocycles. The van der Waals surface area contributed by atoms with E-state index in [0.717, 1.165) is 76.9 Å². The average Bonchev–Trinajstić information content (AvgIpc) is 3.81. The van der Waals surface area contributed by atoms with Crippen LogP contribution in [0.4, 0.5) is 11.6 Å². The third kappa shape index (κ3) is 7.01. The van der Waals surface area contributed by atoms with Gasteiger partial charge in [0.2, 0.25) is 0 Å². The number of nitriles is 1. The third-order valence-corrected chi connectivity index (χ3v) is 8.51. The summed E-state index contributed by atoms with van der Waals surface area (Å²) in [5, 5.41) is 21.5. The van der Waals surface area contributed by atoms with Crippen molar-refractivity contribution in [3.63, 3.8) is 0 Å². The Labute approximate surface area is 246 Å². The fraction of sp³-hybridized carbons (Fsp3) is 0.586. The Kier molecular flexibility index (Phi) is 9.45. The summed E-state index contributed by atoms with van der Waals surface area (Å²) in [6, 6.07) is 8.72. The number of aromatic nitrogens is 2. The smallest absolute Gasteiger partial charge is 0.274 e. The largest absolute Gasteiger partial charge is 0.491 e. The third-order valence-electron chi connectivity index (χ3n) is 8.26. The molecule has 4 N–H and O–H groups in total. The van der Waals surface area contributed by atoms with Crippen molar-refractivity contribution in [2.24, 2.45) is 0 Å². The van der Waals surface area contributed by atoms with Crippen molar-refractivity contribution in [3.8, 4) is 11.8 Å². The summed E-state index contributed by atoms with van der Waals surface area (Å²) >= 11 is 6.54. The second-order valence-corrected chi connectivity index (χ2v) is 11.4. The number of halogens is 1. The molecule has 1 amide bonds. The first-order valence-corrected chi connectivity index (χ1v) is 14.9. The number of piperazine rings is 1. The monoisotopic (exact) mass is 582 g/mol. The number of carbonyl (C=O) groups excluding carboxylic acids is 1. The molecule has 0 spiro atoms. The summed E-state index contributed by atoms with van der Waals surface area (Å²) in [6.07, 6.45) is 5.09. The van der Waals surface area contributed by atoms with E-state index < -0.39 is 0 Å². The molecule has 3 fully saturated rings. The number of nitrogens with one attached hydrogen (secondary N) is 1. The first-order valence-electron chi connectivity index (χ1n) is 14.5. The topological polar surface area (TPSA) is 144 Å².